The van der Waals surface area contributed by atoms with Gasteiger partial charge in [0.2, 0.25) is 0 Å². The lowest BCUT2D eigenvalue weighted by atomic mass is 9.95. The third-order valence-corrected chi connectivity index (χ3v) is 5.31. The fourth-order valence-corrected chi connectivity index (χ4v) is 3.65. The molecule has 2 N–H and O–H groups in total. The van der Waals surface area contributed by atoms with E-state index in [-0.39, 0.29) is 23.4 Å². The van der Waals surface area contributed by atoms with Gasteiger partial charge in [-0.15, -0.1) is 0 Å². The van der Waals surface area contributed by atoms with Gasteiger partial charge in [-0.2, -0.15) is 0 Å². The molecule has 0 spiro atoms. The van der Waals surface area contributed by atoms with Gasteiger partial charge in [-0.3, -0.25) is 0 Å². The normalized spacial score (nSPS) is 15.3. The monoisotopic (exact) mass is 478 g/mol. The van der Waals surface area contributed by atoms with Crippen LogP contribution < -0.4 is 21.0 Å². The molecule has 2 aromatic carbocycles. The molecular weight excluding hydrogens is 456 g/mol. The summed E-state index contributed by atoms with van der Waals surface area (Å²) in [5.41, 5.74) is -0.161. The molecule has 2 amide bonds. The Kier molecular flexibility index (Phi) is 6.81. The predicted molar refractivity (Wildman–Crippen MR) is 124 cm³/mol. The highest BCUT2D eigenvalue weighted by molar-refractivity contribution is 5.96. The maximum absolute atomic E-state index is 12.8. The third kappa shape index (κ3) is 5.01. The minimum Gasteiger partial charge on any atom is -0.497 e. The Hall–Kier alpha value is -4.60. The van der Waals surface area contributed by atoms with Crippen molar-refractivity contribution in [3.8, 4) is 5.75 Å². The first-order valence-corrected chi connectivity index (χ1v) is 10.7. The van der Waals surface area contributed by atoms with Crippen LogP contribution in [0.2, 0.25) is 0 Å². The standard InChI is InChI=1S/C25H22N2O8/c1-3-33-24(30)20-18(26-25(31)27-21(20)14-8-10-16(32-2)11-9-14)13-34-22(28)17-12-15-6-4-5-7-19(15)35-23(17)29/h4-12,21H,3,13H2,1-2H3,(H2,26,27,31). The second kappa shape index (κ2) is 10.1. The summed E-state index contributed by atoms with van der Waals surface area (Å²) in [4.78, 5) is 50.2. The van der Waals surface area contributed by atoms with E-state index in [1.54, 1.807) is 55.5 Å². The van der Waals surface area contributed by atoms with Crippen LogP contribution in [0.15, 0.2) is 75.1 Å². The number of hydrogen-bond donors (Lipinski definition) is 2. The number of esters is 2. The molecule has 1 aliphatic rings. The molecule has 0 saturated heterocycles. The molecule has 1 unspecified atom stereocenters. The highest BCUT2D eigenvalue weighted by atomic mass is 16.5. The van der Waals surface area contributed by atoms with Crippen LogP contribution in [0.4, 0.5) is 4.79 Å². The number of urea groups is 1. The van der Waals surface area contributed by atoms with E-state index in [1.807, 2.05) is 0 Å². The minimum atomic E-state index is -0.964. The van der Waals surface area contributed by atoms with Crippen molar-refractivity contribution < 1.29 is 33.0 Å². The second-order valence-corrected chi connectivity index (χ2v) is 7.48. The summed E-state index contributed by atoms with van der Waals surface area (Å²) >= 11 is 0. The molecule has 1 atom stereocenters. The zero-order valence-electron chi connectivity index (χ0n) is 19.0. The van der Waals surface area contributed by atoms with E-state index < -0.39 is 36.2 Å². The number of rotatable bonds is 7. The number of nitrogens with one attached hydrogen (secondary N) is 2. The van der Waals surface area contributed by atoms with Crippen molar-refractivity contribution in [2.24, 2.45) is 0 Å². The first kappa shape index (κ1) is 23.6. The summed E-state index contributed by atoms with van der Waals surface area (Å²) in [6.07, 6.45) is 0. The quantitative estimate of drug-likeness (QED) is 0.391. The molecule has 0 radical (unpaired) electrons. The van der Waals surface area contributed by atoms with Crippen molar-refractivity contribution >= 4 is 28.9 Å². The van der Waals surface area contributed by atoms with Crippen LogP contribution in [0.5, 0.6) is 5.75 Å². The molecule has 35 heavy (non-hydrogen) atoms. The van der Waals surface area contributed by atoms with Gasteiger partial charge in [0, 0.05) is 5.39 Å². The maximum atomic E-state index is 12.8. The van der Waals surface area contributed by atoms with Gasteiger partial charge < -0.3 is 29.3 Å². The molecule has 10 heteroatoms. The average molecular weight is 478 g/mol. The fraction of sp³-hybridized carbons (Fsp3) is 0.200. The van der Waals surface area contributed by atoms with E-state index in [2.05, 4.69) is 10.6 Å². The van der Waals surface area contributed by atoms with Gasteiger partial charge >= 0.3 is 23.6 Å². The van der Waals surface area contributed by atoms with Crippen LogP contribution in [0.25, 0.3) is 11.0 Å². The number of fused-ring (bicyclic) bond motifs is 1. The van der Waals surface area contributed by atoms with Crippen molar-refractivity contribution in [2.45, 2.75) is 13.0 Å². The largest absolute Gasteiger partial charge is 0.497 e. The molecule has 0 bridgehead atoms. The summed E-state index contributed by atoms with van der Waals surface area (Å²) in [5.74, 6) is -1.06. The average Bonchev–Trinajstić information content (AvgIpc) is 2.86. The fourth-order valence-electron chi connectivity index (χ4n) is 3.65. The number of para-hydroxylation sites is 1. The predicted octanol–water partition coefficient (Wildman–Crippen LogP) is 2.83. The van der Waals surface area contributed by atoms with Gasteiger partial charge in [0.05, 0.1) is 31.0 Å². The van der Waals surface area contributed by atoms with Crippen molar-refractivity contribution in [3.63, 3.8) is 0 Å². The summed E-state index contributed by atoms with van der Waals surface area (Å²) in [5, 5.41) is 5.73. The summed E-state index contributed by atoms with van der Waals surface area (Å²) < 4.78 is 20.8. The second-order valence-electron chi connectivity index (χ2n) is 7.48. The van der Waals surface area contributed by atoms with Gasteiger partial charge in [-0.25, -0.2) is 19.2 Å². The van der Waals surface area contributed by atoms with Crippen LogP contribution in [0.1, 0.15) is 28.9 Å². The Balaban J connectivity index is 1.65. The summed E-state index contributed by atoms with van der Waals surface area (Å²) in [7, 11) is 1.52. The number of carbonyl (C=O) groups excluding carboxylic acids is 3. The van der Waals surface area contributed by atoms with Crippen LogP contribution >= 0.6 is 0 Å². The first-order chi connectivity index (χ1) is 16.9. The lowest BCUT2D eigenvalue weighted by Crippen LogP contribution is -2.47. The van der Waals surface area contributed by atoms with Crippen molar-refractivity contribution in [1.82, 2.24) is 10.6 Å². The number of carbonyl (C=O) groups is 3. The van der Waals surface area contributed by atoms with Crippen molar-refractivity contribution in [2.75, 3.05) is 20.3 Å². The number of methoxy groups -OCH3 is 1. The van der Waals surface area contributed by atoms with Crippen molar-refractivity contribution in [1.29, 1.82) is 0 Å². The molecule has 0 fully saturated rings. The van der Waals surface area contributed by atoms with Crippen LogP contribution in [-0.2, 0) is 14.3 Å². The number of ether oxygens (including phenoxy) is 3. The molecule has 3 aromatic rings. The first-order valence-electron chi connectivity index (χ1n) is 10.7. The highest BCUT2D eigenvalue weighted by Crippen LogP contribution is 2.29. The van der Waals surface area contributed by atoms with E-state index in [0.29, 0.717) is 22.3 Å². The van der Waals surface area contributed by atoms with Gasteiger partial charge in [-0.1, -0.05) is 30.3 Å². The number of benzene rings is 2. The minimum absolute atomic E-state index is 0.0338. The third-order valence-electron chi connectivity index (χ3n) is 5.31. The van der Waals surface area contributed by atoms with Gasteiger partial charge in [0.25, 0.3) is 0 Å². The van der Waals surface area contributed by atoms with Crippen molar-refractivity contribution in [3.05, 3.63) is 87.4 Å². The highest BCUT2D eigenvalue weighted by Gasteiger charge is 2.34. The molecule has 0 aliphatic carbocycles. The molecule has 180 valence electrons. The van der Waals surface area contributed by atoms with Gasteiger partial charge in [0.15, 0.2) is 0 Å². The molecule has 4 rings (SSSR count). The summed E-state index contributed by atoms with van der Waals surface area (Å²) in [6.45, 7) is 1.25. The van der Waals surface area contributed by atoms with E-state index in [9.17, 15) is 19.2 Å². The topological polar surface area (TPSA) is 133 Å². The molecule has 2 heterocycles. The Morgan fingerprint density at radius 2 is 1.74 bits per heavy atom. The number of hydrogen-bond acceptors (Lipinski definition) is 8. The zero-order chi connectivity index (χ0) is 24.9. The number of amides is 2. The van der Waals surface area contributed by atoms with Crippen LogP contribution in [0, 0.1) is 0 Å². The van der Waals surface area contributed by atoms with E-state index in [0.717, 1.165) is 0 Å². The van der Waals surface area contributed by atoms with Gasteiger partial charge in [-0.05, 0) is 36.8 Å². The Morgan fingerprint density at radius 1 is 1.00 bits per heavy atom. The zero-order valence-corrected chi connectivity index (χ0v) is 19.0. The van der Waals surface area contributed by atoms with E-state index in [1.165, 1.54) is 13.2 Å². The van der Waals surface area contributed by atoms with Crippen LogP contribution in [-0.4, -0.2) is 38.3 Å². The lowest BCUT2D eigenvalue weighted by molar-refractivity contribution is -0.139. The van der Waals surface area contributed by atoms with Crippen LogP contribution in [0.3, 0.4) is 0 Å². The molecule has 1 aliphatic heterocycles. The molecule has 0 saturated carbocycles. The molecule has 1 aromatic heterocycles. The van der Waals surface area contributed by atoms with Gasteiger partial charge in [0.1, 0.15) is 23.5 Å². The molecular formula is C25H22N2O8. The van der Waals surface area contributed by atoms with E-state index >= 15 is 0 Å². The smallest absolute Gasteiger partial charge is 0.351 e. The SMILES string of the molecule is CCOC(=O)C1=C(COC(=O)c2cc3ccccc3oc2=O)NC(=O)NC1c1ccc(OC)cc1. The Bertz CT molecular complexity index is 1370. The van der Waals surface area contributed by atoms with E-state index in [4.69, 9.17) is 18.6 Å². The Labute approximate surface area is 199 Å². The Morgan fingerprint density at radius 3 is 2.46 bits per heavy atom. The summed E-state index contributed by atoms with van der Waals surface area (Å²) in [6, 6.07) is 13.4. The lowest BCUT2D eigenvalue weighted by Gasteiger charge is -2.29. The molecule has 10 nitrogen and oxygen atoms in total. The maximum Gasteiger partial charge on any atom is 0.351 e.